The predicted octanol–water partition coefficient (Wildman–Crippen LogP) is 3.23. The van der Waals surface area contributed by atoms with Crippen molar-refractivity contribution in [3.8, 4) is 0 Å². The average molecular weight is 342 g/mol. The molecule has 1 saturated heterocycles. The van der Waals surface area contributed by atoms with Crippen LogP contribution in [0, 0.1) is 11.7 Å². The first-order chi connectivity index (χ1) is 9.65. The summed E-state index contributed by atoms with van der Waals surface area (Å²) in [7, 11) is 0. The zero-order chi connectivity index (χ0) is 14.1. The minimum absolute atomic E-state index is 0.0641. The van der Waals surface area contributed by atoms with E-state index in [0.717, 1.165) is 39.0 Å². The molecule has 5 heteroatoms. The summed E-state index contributed by atoms with van der Waals surface area (Å²) in [6.45, 7) is 2.23. The van der Waals surface area contributed by atoms with Gasteiger partial charge >= 0.3 is 0 Å². The molecule has 1 heterocycles. The van der Waals surface area contributed by atoms with Gasteiger partial charge in [-0.25, -0.2) is 4.39 Å². The Labute approximate surface area is 126 Å². The van der Waals surface area contributed by atoms with Crippen LogP contribution in [0.15, 0.2) is 22.7 Å². The predicted molar refractivity (Wildman–Crippen MR) is 77.1 cm³/mol. The summed E-state index contributed by atoms with van der Waals surface area (Å²) in [6, 6.07) is 4.91. The maximum atomic E-state index is 13.6. The molecule has 1 atom stereocenters. The van der Waals surface area contributed by atoms with E-state index in [1.165, 1.54) is 6.07 Å². The van der Waals surface area contributed by atoms with Crippen molar-refractivity contribution < 1.29 is 13.9 Å². The molecular weight excluding hydrogens is 325 g/mol. The Hall–Kier alpha value is -0.940. The van der Waals surface area contributed by atoms with E-state index in [4.69, 9.17) is 4.74 Å². The Morgan fingerprint density at radius 2 is 2.20 bits per heavy atom. The van der Waals surface area contributed by atoms with E-state index in [1.54, 1.807) is 12.1 Å². The van der Waals surface area contributed by atoms with E-state index >= 15 is 0 Å². The van der Waals surface area contributed by atoms with Gasteiger partial charge in [0, 0.05) is 30.7 Å². The number of hydrogen-bond donors (Lipinski definition) is 0. The summed E-state index contributed by atoms with van der Waals surface area (Å²) in [4.78, 5) is 14.5. The fourth-order valence-corrected chi connectivity index (χ4v) is 2.83. The Morgan fingerprint density at radius 3 is 2.80 bits per heavy atom. The van der Waals surface area contributed by atoms with Crippen molar-refractivity contribution in [3.63, 3.8) is 0 Å². The highest BCUT2D eigenvalue weighted by Crippen LogP contribution is 2.30. The van der Waals surface area contributed by atoms with Gasteiger partial charge in [-0.3, -0.25) is 4.79 Å². The van der Waals surface area contributed by atoms with Crippen molar-refractivity contribution in [2.24, 2.45) is 5.92 Å². The molecular formula is C15H17BrFNO2. The van der Waals surface area contributed by atoms with Crippen LogP contribution >= 0.6 is 15.9 Å². The number of hydrogen-bond acceptors (Lipinski definition) is 2. The summed E-state index contributed by atoms with van der Waals surface area (Å²) < 4.78 is 19.3. The van der Waals surface area contributed by atoms with Crippen molar-refractivity contribution in [2.45, 2.75) is 25.3 Å². The molecule has 1 saturated carbocycles. The lowest BCUT2D eigenvalue weighted by Gasteiger charge is -2.25. The van der Waals surface area contributed by atoms with Crippen LogP contribution < -0.4 is 0 Å². The quantitative estimate of drug-likeness (QED) is 0.841. The molecule has 0 N–H and O–H groups in total. The molecule has 3 nitrogen and oxygen atoms in total. The molecule has 1 unspecified atom stereocenters. The largest absolute Gasteiger partial charge is 0.381 e. The molecule has 0 radical (unpaired) electrons. The highest BCUT2D eigenvalue weighted by Gasteiger charge is 2.35. The number of carbonyl (C=O) groups excluding carboxylic acids is 1. The van der Waals surface area contributed by atoms with Crippen LogP contribution in [0.3, 0.4) is 0 Å². The summed E-state index contributed by atoms with van der Waals surface area (Å²) in [6.07, 6.45) is 3.11. The van der Waals surface area contributed by atoms with Crippen LogP contribution in [0.25, 0.3) is 0 Å². The van der Waals surface area contributed by atoms with Crippen LogP contribution in [0.2, 0.25) is 0 Å². The van der Waals surface area contributed by atoms with Gasteiger partial charge in [-0.15, -0.1) is 0 Å². The first-order valence-corrected chi connectivity index (χ1v) is 7.78. The summed E-state index contributed by atoms with van der Waals surface area (Å²) in [5, 5.41) is 0. The number of carbonyl (C=O) groups is 1. The second kappa shape index (κ2) is 5.82. The van der Waals surface area contributed by atoms with Crippen molar-refractivity contribution >= 4 is 21.8 Å². The van der Waals surface area contributed by atoms with Crippen LogP contribution in [0.4, 0.5) is 4.39 Å². The smallest absolute Gasteiger partial charge is 0.254 e. The van der Waals surface area contributed by atoms with E-state index in [2.05, 4.69) is 15.9 Å². The van der Waals surface area contributed by atoms with Crippen molar-refractivity contribution in [1.29, 1.82) is 0 Å². The van der Waals surface area contributed by atoms with E-state index < -0.39 is 5.82 Å². The summed E-state index contributed by atoms with van der Waals surface area (Å²) in [5.74, 6) is -0.0403. The third-order valence-electron chi connectivity index (χ3n) is 3.89. The zero-order valence-corrected chi connectivity index (χ0v) is 12.7. The van der Waals surface area contributed by atoms with E-state index in [9.17, 15) is 9.18 Å². The fourth-order valence-electron chi connectivity index (χ4n) is 2.58. The molecule has 108 valence electrons. The van der Waals surface area contributed by atoms with Crippen molar-refractivity contribution in [2.75, 3.05) is 19.8 Å². The molecule has 1 aromatic carbocycles. The molecule has 0 aromatic heterocycles. The lowest BCUT2D eigenvalue weighted by atomic mass is 10.1. The molecule has 20 heavy (non-hydrogen) atoms. The summed E-state index contributed by atoms with van der Waals surface area (Å²) in [5.41, 5.74) is 0.427. The number of rotatable bonds is 4. The first-order valence-electron chi connectivity index (χ1n) is 6.99. The standard InChI is InChI=1S/C15H17BrFNO2/c16-13-4-1-11(7-14(13)17)15(19)18(12-2-3-12)8-10-5-6-20-9-10/h1,4,7,10,12H,2-3,5-6,8-9H2. The highest BCUT2D eigenvalue weighted by molar-refractivity contribution is 9.10. The molecule has 1 amide bonds. The molecule has 0 bridgehead atoms. The van der Waals surface area contributed by atoms with Gasteiger partial charge in [-0.2, -0.15) is 0 Å². The molecule has 1 aliphatic heterocycles. The summed E-state index contributed by atoms with van der Waals surface area (Å²) >= 11 is 3.11. The Kier molecular flexibility index (Phi) is 4.08. The maximum absolute atomic E-state index is 13.6. The fraction of sp³-hybridized carbons (Fsp3) is 0.533. The van der Waals surface area contributed by atoms with Crippen molar-refractivity contribution in [3.05, 3.63) is 34.1 Å². The van der Waals surface area contributed by atoms with Crippen LogP contribution in [0.5, 0.6) is 0 Å². The maximum Gasteiger partial charge on any atom is 0.254 e. The third-order valence-corrected chi connectivity index (χ3v) is 4.54. The van der Waals surface area contributed by atoms with Gasteiger partial charge in [0.25, 0.3) is 5.91 Å². The number of halogens is 2. The van der Waals surface area contributed by atoms with Crippen molar-refractivity contribution in [1.82, 2.24) is 4.90 Å². The van der Waals surface area contributed by atoms with E-state index in [1.807, 2.05) is 4.90 Å². The molecule has 2 aliphatic rings. The second-order valence-electron chi connectivity index (χ2n) is 5.55. The number of benzene rings is 1. The van der Waals surface area contributed by atoms with Gasteiger partial charge in [0.2, 0.25) is 0 Å². The minimum Gasteiger partial charge on any atom is -0.381 e. The topological polar surface area (TPSA) is 29.5 Å². The Balaban J connectivity index is 1.75. The van der Waals surface area contributed by atoms with Gasteiger partial charge in [0.1, 0.15) is 5.82 Å². The van der Waals surface area contributed by atoms with Crippen LogP contribution in [0.1, 0.15) is 29.6 Å². The first kappa shape index (κ1) is 14.0. The third kappa shape index (κ3) is 3.04. The van der Waals surface area contributed by atoms with Crippen LogP contribution in [-0.2, 0) is 4.74 Å². The van der Waals surface area contributed by atoms with Gasteiger partial charge in [0.15, 0.2) is 0 Å². The molecule has 0 spiro atoms. The van der Waals surface area contributed by atoms with Gasteiger partial charge in [0.05, 0.1) is 11.1 Å². The zero-order valence-electron chi connectivity index (χ0n) is 11.1. The highest BCUT2D eigenvalue weighted by atomic mass is 79.9. The van der Waals surface area contributed by atoms with Gasteiger partial charge in [-0.05, 0) is 53.4 Å². The normalized spacial score (nSPS) is 22.0. The van der Waals surface area contributed by atoms with Gasteiger partial charge < -0.3 is 9.64 Å². The lowest BCUT2D eigenvalue weighted by Crippen LogP contribution is -2.37. The SMILES string of the molecule is O=C(c1ccc(Br)c(F)c1)N(CC1CCOC1)C1CC1. The van der Waals surface area contributed by atoms with Crippen LogP contribution in [-0.4, -0.2) is 36.6 Å². The monoisotopic (exact) mass is 341 g/mol. The Bertz CT molecular complexity index is 513. The Morgan fingerprint density at radius 1 is 1.40 bits per heavy atom. The van der Waals surface area contributed by atoms with Gasteiger partial charge in [-0.1, -0.05) is 0 Å². The lowest BCUT2D eigenvalue weighted by molar-refractivity contribution is 0.0705. The van der Waals surface area contributed by atoms with E-state index in [0.29, 0.717) is 22.0 Å². The minimum atomic E-state index is -0.393. The molecule has 3 rings (SSSR count). The molecule has 1 aromatic rings. The average Bonchev–Trinajstić information content (AvgIpc) is 3.15. The number of amides is 1. The van der Waals surface area contributed by atoms with E-state index in [-0.39, 0.29) is 5.91 Å². The second-order valence-corrected chi connectivity index (χ2v) is 6.40. The number of ether oxygens (including phenoxy) is 1. The molecule has 2 fully saturated rings. The molecule has 1 aliphatic carbocycles. The number of nitrogens with zero attached hydrogens (tertiary/aromatic N) is 1.